The summed E-state index contributed by atoms with van der Waals surface area (Å²) in [7, 11) is 0. The van der Waals surface area contributed by atoms with Crippen LogP contribution in [0, 0.1) is 0 Å². The Morgan fingerprint density at radius 2 is 1.96 bits per heavy atom. The molecule has 2 aliphatic rings. The molecule has 2 heterocycles. The molecule has 1 aromatic carbocycles. The van der Waals surface area contributed by atoms with Crippen LogP contribution in [0.3, 0.4) is 0 Å². The molecule has 0 saturated carbocycles. The lowest BCUT2D eigenvalue weighted by Gasteiger charge is -2.35. The number of hydrogen-bond donors (Lipinski definition) is 1. The van der Waals surface area contributed by atoms with Gasteiger partial charge in [0.15, 0.2) is 11.5 Å². The summed E-state index contributed by atoms with van der Waals surface area (Å²) in [5.74, 6) is 0.891. The number of fused-ring (bicyclic) bond motifs is 1. The highest BCUT2D eigenvalue weighted by Gasteiger charge is 2.22. The monoisotopic (exact) mass is 368 g/mol. The highest BCUT2D eigenvalue weighted by atomic mass is 35.5. The summed E-state index contributed by atoms with van der Waals surface area (Å²) in [6, 6.07) is 3.30. The molecule has 1 aromatic rings. The molecule has 6 nitrogen and oxygen atoms in total. The lowest BCUT2D eigenvalue weighted by molar-refractivity contribution is -0.0679. The van der Waals surface area contributed by atoms with Crippen molar-refractivity contribution in [3.63, 3.8) is 0 Å². The Labute approximate surface area is 153 Å². The van der Waals surface area contributed by atoms with Crippen molar-refractivity contribution in [1.82, 2.24) is 10.2 Å². The minimum absolute atomic E-state index is 0.150. The second kappa shape index (κ2) is 8.25. The number of benzene rings is 1. The van der Waals surface area contributed by atoms with Crippen molar-refractivity contribution < 1.29 is 19.0 Å². The first-order valence-corrected chi connectivity index (χ1v) is 9.16. The Kier molecular flexibility index (Phi) is 6.04. The SMILES string of the molecule is CC1CN(CCCNC(=O)c2cc(Cl)c3c(c2)OCCO3)CC(C)O1. The van der Waals surface area contributed by atoms with Crippen LogP contribution in [0.15, 0.2) is 12.1 Å². The van der Waals surface area contributed by atoms with E-state index in [0.717, 1.165) is 26.1 Å². The number of amides is 1. The molecule has 0 spiro atoms. The van der Waals surface area contributed by atoms with Gasteiger partial charge in [0.25, 0.3) is 5.91 Å². The summed E-state index contributed by atoms with van der Waals surface area (Å²) < 4.78 is 16.7. The van der Waals surface area contributed by atoms with Gasteiger partial charge in [0.2, 0.25) is 0 Å². The summed E-state index contributed by atoms with van der Waals surface area (Å²) in [6.45, 7) is 8.56. The third kappa shape index (κ3) is 4.77. The zero-order chi connectivity index (χ0) is 17.8. The Balaban J connectivity index is 1.47. The van der Waals surface area contributed by atoms with Crippen molar-refractivity contribution in [2.24, 2.45) is 0 Å². The second-order valence-electron chi connectivity index (χ2n) is 6.61. The first-order chi connectivity index (χ1) is 12.0. The van der Waals surface area contributed by atoms with Gasteiger partial charge in [-0.3, -0.25) is 9.69 Å². The Morgan fingerprint density at radius 3 is 2.72 bits per heavy atom. The van der Waals surface area contributed by atoms with Crippen LogP contribution in [0.1, 0.15) is 30.6 Å². The van der Waals surface area contributed by atoms with Crippen LogP contribution in [0.5, 0.6) is 11.5 Å². The molecule has 1 fully saturated rings. The van der Waals surface area contributed by atoms with Crippen LogP contribution in [0.4, 0.5) is 0 Å². The Morgan fingerprint density at radius 1 is 1.24 bits per heavy atom. The van der Waals surface area contributed by atoms with Crippen LogP contribution in [-0.4, -0.2) is 62.4 Å². The molecule has 2 aliphatic heterocycles. The van der Waals surface area contributed by atoms with Crippen molar-refractivity contribution in [2.45, 2.75) is 32.5 Å². The van der Waals surface area contributed by atoms with Crippen molar-refractivity contribution in [1.29, 1.82) is 0 Å². The van der Waals surface area contributed by atoms with Crippen LogP contribution in [0.2, 0.25) is 5.02 Å². The third-order valence-electron chi connectivity index (χ3n) is 4.29. The number of rotatable bonds is 5. The molecule has 0 aromatic heterocycles. The summed E-state index contributed by atoms with van der Waals surface area (Å²) in [6.07, 6.45) is 1.42. The van der Waals surface area contributed by atoms with Gasteiger partial charge in [-0.2, -0.15) is 0 Å². The van der Waals surface area contributed by atoms with Gasteiger partial charge < -0.3 is 19.5 Å². The molecule has 7 heteroatoms. The molecule has 1 amide bonds. The maximum absolute atomic E-state index is 12.3. The summed E-state index contributed by atoms with van der Waals surface area (Å²) in [5.41, 5.74) is 0.489. The topological polar surface area (TPSA) is 60.0 Å². The van der Waals surface area contributed by atoms with Gasteiger partial charge in [-0.15, -0.1) is 0 Å². The highest BCUT2D eigenvalue weighted by Crippen LogP contribution is 2.38. The smallest absolute Gasteiger partial charge is 0.251 e. The predicted molar refractivity (Wildman–Crippen MR) is 95.8 cm³/mol. The standard InChI is InChI=1S/C18H25ClN2O4/c1-12-10-21(11-13(2)25-12)5-3-4-20-18(22)14-8-15(19)17-16(9-14)23-6-7-24-17/h8-9,12-13H,3-7,10-11H2,1-2H3,(H,20,22). The lowest BCUT2D eigenvalue weighted by Crippen LogP contribution is -2.46. The molecule has 0 aliphatic carbocycles. The molecule has 2 unspecified atom stereocenters. The number of carbonyl (C=O) groups is 1. The van der Waals surface area contributed by atoms with Crippen molar-refractivity contribution >= 4 is 17.5 Å². The molecule has 3 rings (SSSR count). The number of halogens is 1. The lowest BCUT2D eigenvalue weighted by atomic mass is 10.1. The molecular weight excluding hydrogens is 344 g/mol. The van der Waals surface area contributed by atoms with Gasteiger partial charge >= 0.3 is 0 Å². The van der Waals surface area contributed by atoms with Gasteiger partial charge in [-0.1, -0.05) is 11.6 Å². The average Bonchev–Trinajstić information content (AvgIpc) is 2.57. The zero-order valence-electron chi connectivity index (χ0n) is 14.7. The Bertz CT molecular complexity index is 615. The highest BCUT2D eigenvalue weighted by molar-refractivity contribution is 6.32. The van der Waals surface area contributed by atoms with Gasteiger partial charge in [-0.05, 0) is 32.4 Å². The largest absolute Gasteiger partial charge is 0.486 e. The van der Waals surface area contributed by atoms with E-state index in [4.69, 9.17) is 25.8 Å². The van der Waals surface area contributed by atoms with E-state index in [2.05, 4.69) is 24.1 Å². The minimum atomic E-state index is -0.150. The normalized spacial score (nSPS) is 23.3. The Hall–Kier alpha value is -1.50. The summed E-state index contributed by atoms with van der Waals surface area (Å²) >= 11 is 6.18. The quantitative estimate of drug-likeness (QED) is 0.808. The van der Waals surface area contributed by atoms with E-state index in [0.29, 0.717) is 41.8 Å². The molecule has 1 N–H and O–H groups in total. The average molecular weight is 369 g/mol. The molecule has 1 saturated heterocycles. The molecule has 2 atom stereocenters. The summed E-state index contributed by atoms with van der Waals surface area (Å²) in [5, 5.41) is 3.34. The third-order valence-corrected chi connectivity index (χ3v) is 4.57. The van der Waals surface area contributed by atoms with Crippen LogP contribution in [-0.2, 0) is 4.74 Å². The number of hydrogen-bond acceptors (Lipinski definition) is 5. The summed E-state index contributed by atoms with van der Waals surface area (Å²) in [4.78, 5) is 14.7. The number of carbonyl (C=O) groups excluding carboxylic acids is 1. The number of morpholine rings is 1. The number of ether oxygens (including phenoxy) is 3. The van der Waals surface area contributed by atoms with E-state index in [-0.39, 0.29) is 18.1 Å². The zero-order valence-corrected chi connectivity index (χ0v) is 15.5. The molecule has 0 radical (unpaired) electrons. The number of nitrogens with one attached hydrogen (secondary N) is 1. The van der Waals surface area contributed by atoms with E-state index >= 15 is 0 Å². The van der Waals surface area contributed by atoms with E-state index < -0.39 is 0 Å². The van der Waals surface area contributed by atoms with Gasteiger partial charge in [-0.25, -0.2) is 0 Å². The molecule has 0 bridgehead atoms. The van der Waals surface area contributed by atoms with E-state index in [9.17, 15) is 4.79 Å². The minimum Gasteiger partial charge on any atom is -0.486 e. The first-order valence-electron chi connectivity index (χ1n) is 8.78. The number of nitrogens with zero attached hydrogens (tertiary/aromatic N) is 1. The fourth-order valence-corrected chi connectivity index (χ4v) is 3.58. The van der Waals surface area contributed by atoms with Crippen LogP contribution < -0.4 is 14.8 Å². The van der Waals surface area contributed by atoms with Gasteiger partial charge in [0, 0.05) is 31.7 Å². The van der Waals surface area contributed by atoms with Crippen LogP contribution >= 0.6 is 11.6 Å². The van der Waals surface area contributed by atoms with E-state index in [1.165, 1.54) is 0 Å². The van der Waals surface area contributed by atoms with Gasteiger partial charge in [0.05, 0.1) is 17.2 Å². The van der Waals surface area contributed by atoms with E-state index in [1.807, 2.05) is 0 Å². The first kappa shape index (κ1) is 18.3. The van der Waals surface area contributed by atoms with Crippen molar-refractivity contribution in [3.8, 4) is 11.5 Å². The fraction of sp³-hybridized carbons (Fsp3) is 0.611. The van der Waals surface area contributed by atoms with Crippen molar-refractivity contribution in [2.75, 3.05) is 39.4 Å². The molecular formula is C18H25ClN2O4. The maximum Gasteiger partial charge on any atom is 0.251 e. The predicted octanol–water partition coefficient (Wildman–Crippen LogP) is 2.34. The van der Waals surface area contributed by atoms with Crippen LogP contribution in [0.25, 0.3) is 0 Å². The van der Waals surface area contributed by atoms with Crippen molar-refractivity contribution in [3.05, 3.63) is 22.7 Å². The molecule has 138 valence electrons. The van der Waals surface area contributed by atoms with E-state index in [1.54, 1.807) is 12.1 Å². The van der Waals surface area contributed by atoms with Gasteiger partial charge in [0.1, 0.15) is 13.2 Å². The molecule has 25 heavy (non-hydrogen) atoms. The maximum atomic E-state index is 12.3. The second-order valence-corrected chi connectivity index (χ2v) is 7.02. The fourth-order valence-electron chi connectivity index (χ4n) is 3.32.